The zero-order valence-electron chi connectivity index (χ0n) is 13.7. The third-order valence-corrected chi connectivity index (χ3v) is 3.85. The smallest absolute Gasteiger partial charge is 0.236 e. The lowest BCUT2D eigenvalue weighted by atomic mass is 10.1. The first-order valence-electron chi connectivity index (χ1n) is 7.51. The largest absolute Gasteiger partial charge is 0.342 e. The van der Waals surface area contributed by atoms with Gasteiger partial charge in [-0.15, -0.1) is 0 Å². The van der Waals surface area contributed by atoms with Crippen molar-refractivity contribution in [1.29, 1.82) is 0 Å². The molecule has 0 aliphatic rings. The fraction of sp³-hybridized carbons (Fsp3) is 0.733. The molecule has 1 amide bonds. The molecule has 0 fully saturated rings. The summed E-state index contributed by atoms with van der Waals surface area (Å²) in [4.78, 5) is 13.9. The van der Waals surface area contributed by atoms with Gasteiger partial charge in [-0.1, -0.05) is 0 Å². The molecular formula is C15H28N4O. The molecule has 1 rings (SSSR count). The van der Waals surface area contributed by atoms with E-state index in [9.17, 15) is 4.79 Å². The molecule has 0 saturated carbocycles. The average Bonchev–Trinajstić information content (AvgIpc) is 2.72. The summed E-state index contributed by atoms with van der Waals surface area (Å²) in [7, 11) is 0. The highest BCUT2D eigenvalue weighted by Crippen LogP contribution is 2.21. The molecule has 1 heterocycles. The van der Waals surface area contributed by atoms with Crippen molar-refractivity contribution in [2.75, 3.05) is 19.6 Å². The molecule has 20 heavy (non-hydrogen) atoms. The molecule has 114 valence electrons. The van der Waals surface area contributed by atoms with Gasteiger partial charge in [-0.05, 0) is 41.5 Å². The first-order valence-corrected chi connectivity index (χ1v) is 7.51. The van der Waals surface area contributed by atoms with Crippen molar-refractivity contribution in [2.45, 2.75) is 54.1 Å². The number of rotatable bonds is 7. The number of hydrogen-bond donors (Lipinski definition) is 1. The van der Waals surface area contributed by atoms with Crippen LogP contribution in [0.3, 0.4) is 0 Å². The van der Waals surface area contributed by atoms with Gasteiger partial charge in [0, 0.05) is 36.9 Å². The van der Waals surface area contributed by atoms with E-state index in [1.54, 1.807) is 0 Å². The first kappa shape index (κ1) is 16.7. The Labute approximate surface area is 122 Å². The van der Waals surface area contributed by atoms with Crippen LogP contribution in [0.25, 0.3) is 0 Å². The maximum atomic E-state index is 12.0. The minimum Gasteiger partial charge on any atom is -0.342 e. The van der Waals surface area contributed by atoms with Gasteiger partial charge in [-0.3, -0.25) is 9.48 Å². The number of nitrogens with zero attached hydrogens (tertiary/aromatic N) is 3. The van der Waals surface area contributed by atoms with Crippen LogP contribution in [-0.2, 0) is 11.3 Å². The quantitative estimate of drug-likeness (QED) is 0.831. The van der Waals surface area contributed by atoms with Crippen LogP contribution in [0.2, 0.25) is 0 Å². The van der Waals surface area contributed by atoms with Crippen molar-refractivity contribution < 1.29 is 4.79 Å². The Balaban J connectivity index is 2.70. The van der Waals surface area contributed by atoms with Crippen molar-refractivity contribution in [1.82, 2.24) is 20.0 Å². The van der Waals surface area contributed by atoms with Crippen LogP contribution in [0.5, 0.6) is 0 Å². The Bertz CT molecular complexity index is 449. The minimum absolute atomic E-state index is 0.134. The number of likely N-dealkylation sites (N-methyl/N-ethyl adjacent to an activating group) is 1. The highest BCUT2D eigenvalue weighted by Gasteiger charge is 2.18. The summed E-state index contributed by atoms with van der Waals surface area (Å²) >= 11 is 0. The third kappa shape index (κ3) is 3.60. The Morgan fingerprint density at radius 2 is 1.90 bits per heavy atom. The summed E-state index contributed by atoms with van der Waals surface area (Å²) in [5.74, 6) is 0.153. The molecule has 5 nitrogen and oxygen atoms in total. The summed E-state index contributed by atoms with van der Waals surface area (Å²) in [5.41, 5.74) is 3.43. The molecule has 1 aromatic rings. The second-order valence-corrected chi connectivity index (χ2v) is 5.07. The second kappa shape index (κ2) is 7.43. The van der Waals surface area contributed by atoms with Gasteiger partial charge in [0.05, 0.1) is 12.2 Å². The van der Waals surface area contributed by atoms with Crippen LogP contribution < -0.4 is 5.32 Å². The number of carbonyl (C=O) groups is 1. The summed E-state index contributed by atoms with van der Waals surface area (Å²) in [6.45, 7) is 15.1. The molecule has 1 N–H and O–H groups in total. The van der Waals surface area contributed by atoms with Gasteiger partial charge in [0.25, 0.3) is 0 Å². The van der Waals surface area contributed by atoms with Crippen LogP contribution in [0.4, 0.5) is 0 Å². The standard InChI is InChI=1S/C15H28N4O/c1-7-18(8-2)14(20)10-16-11(4)15-12(5)17-19(9-3)13(15)6/h11,16H,7-10H2,1-6H3. The van der Waals surface area contributed by atoms with E-state index in [2.05, 4.69) is 31.2 Å². The van der Waals surface area contributed by atoms with Crippen molar-refractivity contribution in [3.63, 3.8) is 0 Å². The maximum Gasteiger partial charge on any atom is 0.236 e. The van der Waals surface area contributed by atoms with E-state index >= 15 is 0 Å². The highest BCUT2D eigenvalue weighted by atomic mass is 16.2. The van der Waals surface area contributed by atoms with E-state index in [4.69, 9.17) is 0 Å². The lowest BCUT2D eigenvalue weighted by Gasteiger charge is -2.21. The van der Waals surface area contributed by atoms with Gasteiger partial charge in [-0.25, -0.2) is 0 Å². The van der Waals surface area contributed by atoms with E-state index in [-0.39, 0.29) is 11.9 Å². The van der Waals surface area contributed by atoms with Crippen LogP contribution in [0, 0.1) is 13.8 Å². The average molecular weight is 280 g/mol. The number of amides is 1. The van der Waals surface area contributed by atoms with E-state index in [0.717, 1.165) is 25.3 Å². The van der Waals surface area contributed by atoms with Gasteiger partial charge in [0.1, 0.15) is 0 Å². The Morgan fingerprint density at radius 3 is 2.35 bits per heavy atom. The van der Waals surface area contributed by atoms with Crippen molar-refractivity contribution in [3.05, 3.63) is 17.0 Å². The van der Waals surface area contributed by atoms with Crippen molar-refractivity contribution in [2.24, 2.45) is 0 Å². The number of hydrogen-bond acceptors (Lipinski definition) is 3. The normalized spacial score (nSPS) is 12.5. The summed E-state index contributed by atoms with van der Waals surface area (Å²) in [6, 6.07) is 0.134. The SMILES string of the molecule is CCN(CC)C(=O)CNC(C)c1c(C)nn(CC)c1C. The first-order chi connectivity index (χ1) is 9.46. The lowest BCUT2D eigenvalue weighted by molar-refractivity contribution is -0.129. The number of nitrogens with one attached hydrogen (secondary N) is 1. The Kier molecular flexibility index (Phi) is 6.20. The highest BCUT2D eigenvalue weighted by molar-refractivity contribution is 5.78. The van der Waals surface area contributed by atoms with E-state index in [1.165, 1.54) is 11.3 Å². The predicted molar refractivity (Wildman–Crippen MR) is 81.7 cm³/mol. The topological polar surface area (TPSA) is 50.2 Å². The molecule has 5 heteroatoms. The Morgan fingerprint density at radius 1 is 1.30 bits per heavy atom. The fourth-order valence-electron chi connectivity index (χ4n) is 2.68. The van der Waals surface area contributed by atoms with Crippen LogP contribution >= 0.6 is 0 Å². The van der Waals surface area contributed by atoms with Crippen LogP contribution in [-0.4, -0.2) is 40.2 Å². The molecule has 1 aromatic heterocycles. The molecule has 1 unspecified atom stereocenters. The fourth-order valence-corrected chi connectivity index (χ4v) is 2.68. The molecule has 0 saturated heterocycles. The lowest BCUT2D eigenvalue weighted by Crippen LogP contribution is -2.38. The second-order valence-electron chi connectivity index (χ2n) is 5.07. The molecule has 0 bridgehead atoms. The number of carbonyl (C=O) groups excluding carboxylic acids is 1. The van der Waals surface area contributed by atoms with Gasteiger partial charge < -0.3 is 10.2 Å². The van der Waals surface area contributed by atoms with Crippen LogP contribution in [0.15, 0.2) is 0 Å². The molecular weight excluding hydrogens is 252 g/mol. The molecule has 0 spiro atoms. The zero-order valence-corrected chi connectivity index (χ0v) is 13.7. The van der Waals surface area contributed by atoms with Gasteiger partial charge in [0.15, 0.2) is 0 Å². The molecule has 0 aliphatic carbocycles. The maximum absolute atomic E-state index is 12.0. The van der Waals surface area contributed by atoms with E-state index in [1.807, 2.05) is 30.4 Å². The number of aromatic nitrogens is 2. The van der Waals surface area contributed by atoms with Crippen LogP contribution in [0.1, 0.15) is 50.7 Å². The molecule has 0 aromatic carbocycles. The van der Waals surface area contributed by atoms with Gasteiger partial charge >= 0.3 is 0 Å². The Hall–Kier alpha value is -1.36. The third-order valence-electron chi connectivity index (χ3n) is 3.85. The zero-order chi connectivity index (χ0) is 15.3. The van der Waals surface area contributed by atoms with Gasteiger partial charge in [-0.2, -0.15) is 5.10 Å². The molecule has 1 atom stereocenters. The molecule has 0 radical (unpaired) electrons. The van der Waals surface area contributed by atoms with E-state index < -0.39 is 0 Å². The van der Waals surface area contributed by atoms with E-state index in [0.29, 0.717) is 6.54 Å². The predicted octanol–water partition coefficient (Wildman–Crippen LogP) is 2.04. The summed E-state index contributed by atoms with van der Waals surface area (Å²) in [5, 5.41) is 7.85. The van der Waals surface area contributed by atoms with Crippen molar-refractivity contribution in [3.8, 4) is 0 Å². The van der Waals surface area contributed by atoms with Gasteiger partial charge in [0.2, 0.25) is 5.91 Å². The molecule has 0 aliphatic heterocycles. The minimum atomic E-state index is 0.134. The number of aryl methyl sites for hydroxylation is 2. The van der Waals surface area contributed by atoms with Crippen molar-refractivity contribution >= 4 is 5.91 Å². The monoisotopic (exact) mass is 280 g/mol. The summed E-state index contributed by atoms with van der Waals surface area (Å²) < 4.78 is 2.01. The summed E-state index contributed by atoms with van der Waals surface area (Å²) in [6.07, 6.45) is 0.